The molecule has 0 aromatic rings. The van der Waals surface area contributed by atoms with Gasteiger partial charge in [0.05, 0.1) is 12.2 Å². The fourth-order valence-corrected chi connectivity index (χ4v) is 2.27. The highest BCUT2D eigenvalue weighted by Crippen LogP contribution is 2.30. The van der Waals surface area contributed by atoms with Crippen molar-refractivity contribution < 1.29 is 23.4 Å². The molecule has 2 N–H and O–H groups in total. The van der Waals surface area contributed by atoms with Crippen LogP contribution in [0.1, 0.15) is 44.9 Å². The second kappa shape index (κ2) is 5.87. The Morgan fingerprint density at radius 1 is 1.06 bits per heavy atom. The Bertz CT molecular complexity index is 200. The molecule has 2 atom stereocenters. The lowest BCUT2D eigenvalue weighted by atomic mass is 9.82. The average molecular weight is 240 g/mol. The van der Waals surface area contributed by atoms with Crippen LogP contribution in [0.3, 0.4) is 0 Å². The third-order valence-corrected chi connectivity index (χ3v) is 3.25. The van der Waals surface area contributed by atoms with Gasteiger partial charge in [-0.3, -0.25) is 0 Å². The lowest BCUT2D eigenvalue weighted by molar-refractivity contribution is -0.145. The molecular weight excluding hydrogens is 221 g/mol. The second-order valence-corrected chi connectivity index (χ2v) is 4.61. The fourth-order valence-electron chi connectivity index (χ4n) is 2.27. The van der Waals surface area contributed by atoms with Crippen LogP contribution in [0.25, 0.3) is 0 Å². The van der Waals surface area contributed by atoms with E-state index in [9.17, 15) is 23.4 Å². The number of aliphatic hydroxyl groups excluding tert-OH is 2. The Balaban J connectivity index is 2.31. The van der Waals surface area contributed by atoms with Crippen LogP contribution < -0.4 is 0 Å². The van der Waals surface area contributed by atoms with Crippen LogP contribution in [0.5, 0.6) is 0 Å². The number of halogens is 3. The van der Waals surface area contributed by atoms with Crippen LogP contribution >= 0.6 is 0 Å². The van der Waals surface area contributed by atoms with E-state index in [0.717, 1.165) is 32.1 Å². The molecule has 5 heteroatoms. The van der Waals surface area contributed by atoms with E-state index in [1.807, 2.05) is 0 Å². The quantitative estimate of drug-likeness (QED) is 0.793. The summed E-state index contributed by atoms with van der Waals surface area (Å²) in [6.45, 7) is 0. The maximum Gasteiger partial charge on any atom is 0.389 e. The van der Waals surface area contributed by atoms with Gasteiger partial charge in [0.15, 0.2) is 0 Å². The lowest BCUT2D eigenvalue weighted by Gasteiger charge is -2.29. The van der Waals surface area contributed by atoms with E-state index >= 15 is 0 Å². The van der Waals surface area contributed by atoms with Gasteiger partial charge in [-0.15, -0.1) is 0 Å². The number of alkyl halides is 3. The van der Waals surface area contributed by atoms with Gasteiger partial charge in [0.25, 0.3) is 0 Å². The van der Waals surface area contributed by atoms with Gasteiger partial charge >= 0.3 is 6.18 Å². The summed E-state index contributed by atoms with van der Waals surface area (Å²) >= 11 is 0. The van der Waals surface area contributed by atoms with Crippen LogP contribution in [-0.2, 0) is 0 Å². The van der Waals surface area contributed by atoms with E-state index in [4.69, 9.17) is 0 Å². The molecule has 0 bridgehead atoms. The first-order valence-electron chi connectivity index (χ1n) is 5.83. The summed E-state index contributed by atoms with van der Waals surface area (Å²) in [7, 11) is 0. The first kappa shape index (κ1) is 13.8. The molecule has 96 valence electrons. The van der Waals surface area contributed by atoms with Crippen molar-refractivity contribution in [2.45, 2.75) is 63.3 Å². The normalized spacial score (nSPS) is 23.1. The Hall–Kier alpha value is -0.290. The van der Waals surface area contributed by atoms with Crippen molar-refractivity contribution in [1.29, 1.82) is 0 Å². The Labute approximate surface area is 93.5 Å². The molecular formula is C11H19F3O2. The molecule has 0 aromatic heterocycles. The van der Waals surface area contributed by atoms with Crippen LogP contribution in [-0.4, -0.2) is 28.6 Å². The highest BCUT2D eigenvalue weighted by molar-refractivity contribution is 4.79. The fraction of sp³-hybridized carbons (Fsp3) is 1.00. The predicted molar refractivity (Wildman–Crippen MR) is 53.9 cm³/mol. The molecule has 2 unspecified atom stereocenters. The SMILES string of the molecule is OC(CCC(F)(F)F)C(O)C1CCCCC1. The highest BCUT2D eigenvalue weighted by atomic mass is 19.4. The zero-order valence-electron chi connectivity index (χ0n) is 9.21. The Morgan fingerprint density at radius 3 is 2.12 bits per heavy atom. The van der Waals surface area contributed by atoms with Gasteiger partial charge in [0, 0.05) is 6.42 Å². The smallest absolute Gasteiger partial charge is 0.389 e. The lowest BCUT2D eigenvalue weighted by Crippen LogP contribution is -2.35. The van der Waals surface area contributed by atoms with Gasteiger partial charge < -0.3 is 10.2 Å². The van der Waals surface area contributed by atoms with Crippen molar-refractivity contribution in [3.63, 3.8) is 0 Å². The van der Waals surface area contributed by atoms with Crippen LogP contribution in [0.15, 0.2) is 0 Å². The molecule has 1 aliphatic carbocycles. The minimum atomic E-state index is -4.26. The maximum absolute atomic E-state index is 11.9. The molecule has 1 fully saturated rings. The van der Waals surface area contributed by atoms with E-state index in [0.29, 0.717) is 0 Å². The van der Waals surface area contributed by atoms with Crippen molar-refractivity contribution in [3.05, 3.63) is 0 Å². The number of hydrogen-bond acceptors (Lipinski definition) is 2. The summed E-state index contributed by atoms with van der Waals surface area (Å²) in [5.41, 5.74) is 0. The molecule has 0 saturated heterocycles. The standard InChI is InChI=1S/C11H19F3O2/c12-11(13,14)7-6-9(15)10(16)8-4-2-1-3-5-8/h8-10,15-16H,1-7H2. The van der Waals surface area contributed by atoms with E-state index in [2.05, 4.69) is 0 Å². The van der Waals surface area contributed by atoms with Gasteiger partial charge in [-0.1, -0.05) is 19.3 Å². The summed E-state index contributed by atoms with van der Waals surface area (Å²) < 4.78 is 35.8. The zero-order chi connectivity index (χ0) is 12.2. The van der Waals surface area contributed by atoms with Gasteiger partial charge in [-0.25, -0.2) is 0 Å². The van der Waals surface area contributed by atoms with Gasteiger partial charge in [-0.05, 0) is 25.2 Å². The van der Waals surface area contributed by atoms with Crippen molar-refractivity contribution in [1.82, 2.24) is 0 Å². The molecule has 0 aromatic carbocycles. The summed E-state index contributed by atoms with van der Waals surface area (Å²) in [5, 5.41) is 19.2. The molecule has 0 spiro atoms. The first-order valence-corrected chi connectivity index (χ1v) is 5.83. The zero-order valence-corrected chi connectivity index (χ0v) is 9.21. The summed E-state index contributed by atoms with van der Waals surface area (Å²) in [6.07, 6.45) is -3.21. The molecule has 1 saturated carbocycles. The molecule has 1 aliphatic rings. The van der Waals surface area contributed by atoms with Crippen molar-refractivity contribution >= 4 is 0 Å². The number of rotatable bonds is 4. The second-order valence-electron chi connectivity index (χ2n) is 4.61. The molecule has 16 heavy (non-hydrogen) atoms. The van der Waals surface area contributed by atoms with E-state index in [1.165, 1.54) is 0 Å². The highest BCUT2D eigenvalue weighted by Gasteiger charge is 2.32. The molecule has 0 heterocycles. The minimum Gasteiger partial charge on any atom is -0.390 e. The number of hydrogen-bond donors (Lipinski definition) is 2. The third-order valence-electron chi connectivity index (χ3n) is 3.25. The molecule has 1 rings (SSSR count). The van der Waals surface area contributed by atoms with Gasteiger partial charge in [-0.2, -0.15) is 13.2 Å². The van der Waals surface area contributed by atoms with Crippen molar-refractivity contribution in [2.75, 3.05) is 0 Å². The van der Waals surface area contributed by atoms with Gasteiger partial charge in [0.1, 0.15) is 0 Å². The number of aliphatic hydroxyl groups is 2. The van der Waals surface area contributed by atoms with E-state index in [1.54, 1.807) is 0 Å². The Morgan fingerprint density at radius 2 is 1.62 bits per heavy atom. The third kappa shape index (κ3) is 4.70. The van der Waals surface area contributed by atoms with E-state index < -0.39 is 31.2 Å². The summed E-state index contributed by atoms with van der Waals surface area (Å²) in [6, 6.07) is 0. The summed E-state index contributed by atoms with van der Waals surface area (Å²) in [5.74, 6) is -0.0306. The first-order chi connectivity index (χ1) is 7.40. The van der Waals surface area contributed by atoms with Crippen LogP contribution in [0.2, 0.25) is 0 Å². The van der Waals surface area contributed by atoms with Crippen LogP contribution in [0.4, 0.5) is 13.2 Å². The average Bonchev–Trinajstić information content (AvgIpc) is 2.25. The monoisotopic (exact) mass is 240 g/mol. The molecule has 0 amide bonds. The summed E-state index contributed by atoms with van der Waals surface area (Å²) in [4.78, 5) is 0. The minimum absolute atomic E-state index is 0.0306. The predicted octanol–water partition coefficient (Wildman–Crippen LogP) is 2.63. The van der Waals surface area contributed by atoms with Gasteiger partial charge in [0.2, 0.25) is 0 Å². The Kier molecular flexibility index (Phi) is 5.05. The maximum atomic E-state index is 11.9. The largest absolute Gasteiger partial charge is 0.390 e. The molecule has 0 aliphatic heterocycles. The molecule has 0 radical (unpaired) electrons. The van der Waals surface area contributed by atoms with Crippen LogP contribution in [0, 0.1) is 5.92 Å². The van der Waals surface area contributed by atoms with Crippen molar-refractivity contribution in [2.24, 2.45) is 5.92 Å². The van der Waals surface area contributed by atoms with Crippen molar-refractivity contribution in [3.8, 4) is 0 Å². The topological polar surface area (TPSA) is 40.5 Å². The molecule has 2 nitrogen and oxygen atoms in total. The van der Waals surface area contributed by atoms with E-state index in [-0.39, 0.29) is 5.92 Å².